The number of nitrogens with one attached hydrogen (secondary N) is 1. The Balaban J connectivity index is 2.45. The molecule has 1 N–H and O–H groups in total. The third kappa shape index (κ3) is 4.51. The minimum Gasteiger partial charge on any atom is -0.383 e. The third-order valence-corrected chi connectivity index (χ3v) is 3.35. The zero-order valence-electron chi connectivity index (χ0n) is 9.70. The summed E-state index contributed by atoms with van der Waals surface area (Å²) in [4.78, 5) is 0.696. The molecule has 1 rings (SSSR count). The first kappa shape index (κ1) is 13.5. The Bertz CT molecular complexity index is 303. The standard InChI is InChI=1S/C12H18FNOS/c1-3-14-10(8-15-2)9-16-12-7-5-4-6-11(12)13/h4-7,10,14H,3,8-9H2,1-2H3. The second-order valence-corrected chi connectivity index (χ2v) is 4.51. The lowest BCUT2D eigenvalue weighted by Gasteiger charge is -2.16. The van der Waals surface area contributed by atoms with Gasteiger partial charge in [0.2, 0.25) is 0 Å². The molecule has 0 saturated heterocycles. The molecule has 16 heavy (non-hydrogen) atoms. The van der Waals surface area contributed by atoms with E-state index in [1.165, 1.54) is 17.8 Å². The second kappa shape index (κ2) is 7.65. The third-order valence-electron chi connectivity index (χ3n) is 2.14. The lowest BCUT2D eigenvalue weighted by atomic mass is 10.3. The minimum atomic E-state index is -0.153. The highest BCUT2D eigenvalue weighted by molar-refractivity contribution is 7.99. The van der Waals surface area contributed by atoms with Gasteiger partial charge in [0, 0.05) is 23.8 Å². The van der Waals surface area contributed by atoms with E-state index in [1.807, 2.05) is 6.07 Å². The first-order valence-corrected chi connectivity index (χ1v) is 6.36. The average Bonchev–Trinajstić information content (AvgIpc) is 2.28. The van der Waals surface area contributed by atoms with Crippen LogP contribution in [0.3, 0.4) is 0 Å². The zero-order valence-corrected chi connectivity index (χ0v) is 10.5. The Hall–Kier alpha value is -0.580. The SMILES string of the molecule is CCNC(COC)CSc1ccccc1F. The maximum Gasteiger partial charge on any atom is 0.136 e. The molecule has 1 aromatic rings. The number of rotatable bonds is 7. The van der Waals surface area contributed by atoms with Crippen molar-refractivity contribution < 1.29 is 9.13 Å². The summed E-state index contributed by atoms with van der Waals surface area (Å²) in [5, 5.41) is 3.30. The molecule has 2 nitrogen and oxygen atoms in total. The molecule has 1 atom stereocenters. The molecule has 0 spiro atoms. The maximum atomic E-state index is 13.3. The Labute approximate surface area is 101 Å². The van der Waals surface area contributed by atoms with Gasteiger partial charge in [-0.15, -0.1) is 11.8 Å². The Morgan fingerprint density at radius 3 is 2.81 bits per heavy atom. The number of likely N-dealkylation sites (N-methyl/N-ethyl adjacent to an activating group) is 1. The van der Waals surface area contributed by atoms with E-state index in [1.54, 1.807) is 19.2 Å². The Morgan fingerprint density at radius 1 is 1.44 bits per heavy atom. The van der Waals surface area contributed by atoms with Crippen LogP contribution in [0.15, 0.2) is 29.2 Å². The average molecular weight is 243 g/mol. The van der Waals surface area contributed by atoms with Crippen LogP contribution in [0, 0.1) is 5.82 Å². The molecule has 0 amide bonds. The molecule has 90 valence electrons. The topological polar surface area (TPSA) is 21.3 Å². The fraction of sp³-hybridized carbons (Fsp3) is 0.500. The summed E-state index contributed by atoms with van der Waals surface area (Å²) >= 11 is 1.52. The van der Waals surface area contributed by atoms with Crippen LogP contribution >= 0.6 is 11.8 Å². The van der Waals surface area contributed by atoms with Crippen LogP contribution < -0.4 is 5.32 Å². The molecule has 1 aromatic carbocycles. The van der Waals surface area contributed by atoms with E-state index < -0.39 is 0 Å². The van der Waals surface area contributed by atoms with Crippen molar-refractivity contribution in [3.63, 3.8) is 0 Å². The summed E-state index contributed by atoms with van der Waals surface area (Å²) in [5.41, 5.74) is 0. The van der Waals surface area contributed by atoms with E-state index in [9.17, 15) is 4.39 Å². The molecule has 0 fully saturated rings. The van der Waals surface area contributed by atoms with E-state index in [4.69, 9.17) is 4.74 Å². The summed E-state index contributed by atoms with van der Waals surface area (Å²) in [6, 6.07) is 7.11. The van der Waals surface area contributed by atoms with Crippen LogP contribution in [0.1, 0.15) is 6.92 Å². The van der Waals surface area contributed by atoms with Crippen molar-refractivity contribution in [3.8, 4) is 0 Å². The molecular weight excluding hydrogens is 225 g/mol. The van der Waals surface area contributed by atoms with Gasteiger partial charge in [-0.25, -0.2) is 4.39 Å². The molecule has 0 aliphatic heterocycles. The van der Waals surface area contributed by atoms with E-state index in [-0.39, 0.29) is 11.9 Å². The second-order valence-electron chi connectivity index (χ2n) is 3.45. The molecule has 0 aliphatic carbocycles. The monoisotopic (exact) mass is 243 g/mol. The largest absolute Gasteiger partial charge is 0.383 e. The zero-order chi connectivity index (χ0) is 11.8. The van der Waals surface area contributed by atoms with Gasteiger partial charge < -0.3 is 10.1 Å². The molecule has 0 bridgehead atoms. The predicted octanol–water partition coefficient (Wildman–Crippen LogP) is 2.54. The fourth-order valence-electron chi connectivity index (χ4n) is 1.41. The molecule has 0 aliphatic rings. The van der Waals surface area contributed by atoms with E-state index in [0.29, 0.717) is 11.5 Å². The highest BCUT2D eigenvalue weighted by Crippen LogP contribution is 2.21. The van der Waals surface area contributed by atoms with Gasteiger partial charge in [-0.3, -0.25) is 0 Å². The van der Waals surface area contributed by atoms with Gasteiger partial charge in [-0.2, -0.15) is 0 Å². The molecular formula is C12H18FNOS. The van der Waals surface area contributed by atoms with Crippen molar-refractivity contribution in [2.24, 2.45) is 0 Å². The van der Waals surface area contributed by atoms with Crippen LogP contribution in [-0.4, -0.2) is 32.1 Å². The molecule has 1 unspecified atom stereocenters. The Morgan fingerprint density at radius 2 is 2.19 bits per heavy atom. The van der Waals surface area contributed by atoms with Crippen molar-refractivity contribution in [3.05, 3.63) is 30.1 Å². The normalized spacial score (nSPS) is 12.7. The highest BCUT2D eigenvalue weighted by Gasteiger charge is 2.09. The Kier molecular flexibility index (Phi) is 6.45. The smallest absolute Gasteiger partial charge is 0.136 e. The van der Waals surface area contributed by atoms with Crippen molar-refractivity contribution in [2.45, 2.75) is 17.9 Å². The van der Waals surface area contributed by atoms with Crippen LogP contribution in [0.25, 0.3) is 0 Å². The molecule has 4 heteroatoms. The number of methoxy groups -OCH3 is 1. The van der Waals surface area contributed by atoms with Crippen molar-refractivity contribution >= 4 is 11.8 Å². The summed E-state index contributed by atoms with van der Waals surface area (Å²) in [6.45, 7) is 3.59. The molecule has 0 aromatic heterocycles. The summed E-state index contributed by atoms with van der Waals surface area (Å²) in [7, 11) is 1.68. The number of ether oxygens (including phenoxy) is 1. The highest BCUT2D eigenvalue weighted by atomic mass is 32.2. The van der Waals surface area contributed by atoms with Crippen LogP contribution in [-0.2, 0) is 4.74 Å². The van der Waals surface area contributed by atoms with Gasteiger partial charge in [0.15, 0.2) is 0 Å². The lowest BCUT2D eigenvalue weighted by molar-refractivity contribution is 0.174. The number of halogens is 1. The van der Waals surface area contributed by atoms with Crippen molar-refractivity contribution in [1.29, 1.82) is 0 Å². The quantitative estimate of drug-likeness (QED) is 0.744. The minimum absolute atomic E-state index is 0.153. The van der Waals surface area contributed by atoms with E-state index in [2.05, 4.69) is 12.2 Å². The van der Waals surface area contributed by atoms with Crippen LogP contribution in [0.4, 0.5) is 4.39 Å². The number of benzene rings is 1. The number of hydrogen-bond acceptors (Lipinski definition) is 3. The lowest BCUT2D eigenvalue weighted by Crippen LogP contribution is -2.35. The summed E-state index contributed by atoms with van der Waals surface area (Å²) in [6.07, 6.45) is 0. The predicted molar refractivity (Wildman–Crippen MR) is 66.5 cm³/mol. The summed E-state index contributed by atoms with van der Waals surface area (Å²) in [5.74, 6) is 0.656. The van der Waals surface area contributed by atoms with Gasteiger partial charge in [0.25, 0.3) is 0 Å². The van der Waals surface area contributed by atoms with Crippen LogP contribution in [0.2, 0.25) is 0 Å². The molecule has 0 heterocycles. The first-order chi connectivity index (χ1) is 7.77. The van der Waals surface area contributed by atoms with Gasteiger partial charge in [-0.05, 0) is 18.7 Å². The van der Waals surface area contributed by atoms with Gasteiger partial charge in [0.1, 0.15) is 5.82 Å². The van der Waals surface area contributed by atoms with E-state index in [0.717, 1.165) is 12.3 Å². The van der Waals surface area contributed by atoms with Gasteiger partial charge in [0.05, 0.1) is 6.61 Å². The van der Waals surface area contributed by atoms with Crippen LogP contribution in [0.5, 0.6) is 0 Å². The fourth-order valence-corrected chi connectivity index (χ4v) is 2.38. The van der Waals surface area contributed by atoms with Gasteiger partial charge in [-0.1, -0.05) is 19.1 Å². The van der Waals surface area contributed by atoms with E-state index >= 15 is 0 Å². The van der Waals surface area contributed by atoms with Crippen molar-refractivity contribution in [2.75, 3.05) is 26.0 Å². The first-order valence-electron chi connectivity index (χ1n) is 5.37. The molecule has 0 saturated carbocycles. The molecule has 0 radical (unpaired) electrons. The number of hydrogen-bond donors (Lipinski definition) is 1. The van der Waals surface area contributed by atoms with Crippen molar-refractivity contribution in [1.82, 2.24) is 5.32 Å². The van der Waals surface area contributed by atoms with Gasteiger partial charge >= 0.3 is 0 Å². The number of thioether (sulfide) groups is 1. The summed E-state index contributed by atoms with van der Waals surface area (Å²) < 4.78 is 18.4. The maximum absolute atomic E-state index is 13.3.